The molecule has 1 N–H and O–H groups in total. The summed E-state index contributed by atoms with van der Waals surface area (Å²) in [5, 5.41) is 12.0. The fourth-order valence-corrected chi connectivity index (χ4v) is 1.99. The minimum Gasteiger partial charge on any atom is -0.366 e. The molecule has 0 bridgehead atoms. The molecule has 7 nitrogen and oxygen atoms in total. The van der Waals surface area contributed by atoms with Crippen LogP contribution in [0.25, 0.3) is 5.78 Å². The van der Waals surface area contributed by atoms with E-state index in [0.717, 1.165) is 17.1 Å². The molecule has 0 aliphatic heterocycles. The Kier molecular flexibility index (Phi) is 2.83. The molecule has 0 spiro atoms. The molecule has 19 heavy (non-hydrogen) atoms. The third kappa shape index (κ3) is 2.12. The van der Waals surface area contributed by atoms with Gasteiger partial charge in [-0.25, -0.2) is 0 Å². The fourth-order valence-electron chi connectivity index (χ4n) is 1.81. The molecule has 0 amide bonds. The Morgan fingerprint density at radius 2 is 2.21 bits per heavy atom. The molecule has 0 atom stereocenters. The Morgan fingerprint density at radius 3 is 2.95 bits per heavy atom. The summed E-state index contributed by atoms with van der Waals surface area (Å²) >= 11 is 5.95. The molecule has 0 saturated carbocycles. The Labute approximate surface area is 114 Å². The van der Waals surface area contributed by atoms with Crippen molar-refractivity contribution in [3.05, 3.63) is 35.0 Å². The normalized spacial score (nSPS) is 11.1. The average molecular weight is 278 g/mol. The fraction of sp³-hybridized carbons (Fsp3) is 0.273. The third-order valence-electron chi connectivity index (χ3n) is 3.02. The second kappa shape index (κ2) is 4.51. The van der Waals surface area contributed by atoms with Crippen LogP contribution in [0.2, 0.25) is 5.15 Å². The summed E-state index contributed by atoms with van der Waals surface area (Å²) in [6.45, 7) is 2.66. The van der Waals surface area contributed by atoms with E-state index in [1.54, 1.807) is 10.6 Å². The van der Waals surface area contributed by atoms with Gasteiger partial charge >= 0.3 is 0 Å². The van der Waals surface area contributed by atoms with Crippen LogP contribution in [-0.4, -0.2) is 29.4 Å². The van der Waals surface area contributed by atoms with E-state index in [1.165, 1.54) is 6.33 Å². The van der Waals surface area contributed by atoms with Crippen molar-refractivity contribution >= 4 is 23.2 Å². The number of anilines is 1. The number of halogens is 1. The summed E-state index contributed by atoms with van der Waals surface area (Å²) in [5.74, 6) is 1.22. The maximum absolute atomic E-state index is 5.95. The topological polar surface area (TPSA) is 72.9 Å². The van der Waals surface area contributed by atoms with Gasteiger partial charge < -0.3 is 5.32 Å². The van der Waals surface area contributed by atoms with Crippen LogP contribution in [0.5, 0.6) is 0 Å². The van der Waals surface area contributed by atoms with E-state index in [-0.39, 0.29) is 0 Å². The van der Waals surface area contributed by atoms with E-state index in [9.17, 15) is 0 Å². The van der Waals surface area contributed by atoms with E-state index >= 15 is 0 Å². The van der Waals surface area contributed by atoms with Crippen molar-refractivity contribution in [3.8, 4) is 0 Å². The van der Waals surface area contributed by atoms with E-state index in [2.05, 4.69) is 25.5 Å². The lowest BCUT2D eigenvalue weighted by molar-refractivity contribution is 0.738. The molecule has 3 aromatic rings. The molecular weight excluding hydrogens is 266 g/mol. The minimum absolute atomic E-state index is 0.380. The number of nitrogens with zero attached hydrogens (tertiary/aromatic N) is 6. The predicted molar refractivity (Wildman–Crippen MR) is 71.1 cm³/mol. The molecule has 0 aliphatic rings. The molecule has 0 unspecified atom stereocenters. The highest BCUT2D eigenvalue weighted by Gasteiger charge is 2.08. The monoisotopic (exact) mass is 277 g/mol. The van der Waals surface area contributed by atoms with Gasteiger partial charge in [-0.2, -0.15) is 24.7 Å². The van der Waals surface area contributed by atoms with Gasteiger partial charge in [0.05, 0.1) is 6.20 Å². The average Bonchev–Trinajstić information content (AvgIpc) is 2.96. The highest BCUT2D eigenvalue weighted by molar-refractivity contribution is 6.29. The maximum atomic E-state index is 5.95. The summed E-state index contributed by atoms with van der Waals surface area (Å²) in [4.78, 5) is 8.09. The Hall–Kier alpha value is -2.15. The van der Waals surface area contributed by atoms with E-state index in [1.807, 2.05) is 24.9 Å². The molecule has 98 valence electrons. The Bertz CT molecular complexity index is 730. The lowest BCUT2D eigenvalue weighted by Gasteiger charge is -2.07. The van der Waals surface area contributed by atoms with Gasteiger partial charge in [-0.3, -0.25) is 4.68 Å². The van der Waals surface area contributed by atoms with E-state index < -0.39 is 0 Å². The zero-order chi connectivity index (χ0) is 13.4. The lowest BCUT2D eigenvalue weighted by Crippen LogP contribution is -2.07. The number of fused-ring (bicyclic) bond motifs is 1. The van der Waals surface area contributed by atoms with Gasteiger partial charge in [0.15, 0.2) is 0 Å². The van der Waals surface area contributed by atoms with Crippen molar-refractivity contribution in [2.45, 2.75) is 13.5 Å². The van der Waals surface area contributed by atoms with Crippen molar-refractivity contribution in [3.63, 3.8) is 0 Å². The second-order valence-corrected chi connectivity index (χ2v) is 4.56. The summed E-state index contributed by atoms with van der Waals surface area (Å²) in [6.07, 6.45) is 3.28. The molecule has 0 saturated heterocycles. The smallest absolute Gasteiger partial charge is 0.255 e. The highest BCUT2D eigenvalue weighted by atomic mass is 35.5. The standard InChI is InChI=1S/C11H12ClN7/c1-7-8(5-15-18(7)2)4-13-10-3-9(12)17-11-14-6-16-19(10)11/h3,5-6,13H,4H2,1-2H3. The van der Waals surface area contributed by atoms with Crippen molar-refractivity contribution in [1.82, 2.24) is 29.4 Å². The van der Waals surface area contributed by atoms with Gasteiger partial charge in [0, 0.05) is 30.9 Å². The van der Waals surface area contributed by atoms with Crippen LogP contribution in [-0.2, 0) is 13.6 Å². The predicted octanol–water partition coefficient (Wildman–Crippen LogP) is 1.43. The Balaban J connectivity index is 1.89. The van der Waals surface area contributed by atoms with E-state index in [4.69, 9.17) is 11.6 Å². The first-order valence-corrected chi connectivity index (χ1v) is 6.10. The molecule has 3 rings (SSSR count). The molecule has 8 heteroatoms. The first-order valence-electron chi connectivity index (χ1n) is 5.73. The van der Waals surface area contributed by atoms with Crippen LogP contribution in [0.1, 0.15) is 11.3 Å². The van der Waals surface area contributed by atoms with Crippen LogP contribution in [0.4, 0.5) is 5.82 Å². The molecule has 3 aromatic heterocycles. The molecular formula is C11H12ClN7. The van der Waals surface area contributed by atoms with Gasteiger partial charge in [-0.05, 0) is 6.92 Å². The molecule has 0 aromatic carbocycles. The summed E-state index contributed by atoms with van der Waals surface area (Å²) in [7, 11) is 1.91. The Morgan fingerprint density at radius 1 is 1.37 bits per heavy atom. The summed E-state index contributed by atoms with van der Waals surface area (Å²) in [6, 6.07) is 1.72. The lowest BCUT2D eigenvalue weighted by atomic mass is 10.2. The zero-order valence-electron chi connectivity index (χ0n) is 10.5. The van der Waals surface area contributed by atoms with Crippen molar-refractivity contribution in [2.24, 2.45) is 7.05 Å². The number of aryl methyl sites for hydroxylation is 1. The zero-order valence-corrected chi connectivity index (χ0v) is 11.3. The molecule has 0 radical (unpaired) electrons. The number of hydrogen-bond donors (Lipinski definition) is 1. The number of aromatic nitrogens is 6. The maximum Gasteiger partial charge on any atom is 0.255 e. The van der Waals surface area contributed by atoms with Crippen molar-refractivity contribution < 1.29 is 0 Å². The van der Waals surface area contributed by atoms with Gasteiger partial charge in [0.1, 0.15) is 17.3 Å². The minimum atomic E-state index is 0.380. The van der Waals surface area contributed by atoms with Crippen LogP contribution < -0.4 is 5.32 Å². The van der Waals surface area contributed by atoms with Gasteiger partial charge in [0.25, 0.3) is 5.78 Å². The van der Waals surface area contributed by atoms with Gasteiger partial charge in [0.2, 0.25) is 0 Å². The number of rotatable bonds is 3. The van der Waals surface area contributed by atoms with Crippen LogP contribution >= 0.6 is 11.6 Å². The van der Waals surface area contributed by atoms with Gasteiger partial charge in [-0.15, -0.1) is 0 Å². The van der Waals surface area contributed by atoms with Crippen molar-refractivity contribution in [2.75, 3.05) is 5.32 Å². The van der Waals surface area contributed by atoms with Crippen LogP contribution in [0, 0.1) is 6.92 Å². The SMILES string of the molecule is Cc1c(CNc2cc(Cl)nc3ncnn23)cnn1C. The summed E-state index contributed by atoms with van der Waals surface area (Å²) < 4.78 is 3.44. The molecule has 0 aliphatic carbocycles. The van der Waals surface area contributed by atoms with E-state index in [0.29, 0.717) is 17.5 Å². The van der Waals surface area contributed by atoms with Crippen LogP contribution in [0.15, 0.2) is 18.6 Å². The quantitative estimate of drug-likeness (QED) is 0.733. The highest BCUT2D eigenvalue weighted by Crippen LogP contribution is 2.16. The molecule has 0 fully saturated rings. The first kappa shape index (κ1) is 11.9. The molecule has 3 heterocycles. The van der Waals surface area contributed by atoms with Crippen molar-refractivity contribution in [1.29, 1.82) is 0 Å². The van der Waals surface area contributed by atoms with Gasteiger partial charge in [-0.1, -0.05) is 11.6 Å². The third-order valence-corrected chi connectivity index (χ3v) is 3.21. The second-order valence-electron chi connectivity index (χ2n) is 4.17. The van der Waals surface area contributed by atoms with Crippen LogP contribution in [0.3, 0.4) is 0 Å². The number of nitrogens with one attached hydrogen (secondary N) is 1. The first-order chi connectivity index (χ1) is 9.15. The number of hydrogen-bond acceptors (Lipinski definition) is 5. The summed E-state index contributed by atoms with van der Waals surface area (Å²) in [5.41, 5.74) is 2.23. The largest absolute Gasteiger partial charge is 0.366 e.